The summed E-state index contributed by atoms with van der Waals surface area (Å²) in [5.74, 6) is -1.18. The minimum Gasteiger partial charge on any atom is -0.481 e. The Balaban J connectivity index is 2.58. The second-order valence-electron chi connectivity index (χ2n) is 2.62. The third-order valence-corrected chi connectivity index (χ3v) is 2.04. The molecule has 1 atom stereocenters. The number of hydrogen-bond acceptors (Lipinski definition) is 2. The van der Waals surface area contributed by atoms with E-state index < -0.39 is 5.97 Å². The van der Waals surface area contributed by atoms with E-state index in [-0.39, 0.29) is 5.92 Å². The van der Waals surface area contributed by atoms with Gasteiger partial charge in [-0.1, -0.05) is 6.92 Å². The average molecular weight is 280 g/mol. The molecule has 1 unspecified atom stereocenters. The molecule has 12 heavy (non-hydrogen) atoms. The first-order valence-corrected chi connectivity index (χ1v) is 4.58. The largest absolute Gasteiger partial charge is 0.481 e. The highest BCUT2D eigenvalue weighted by molar-refractivity contribution is 14.1. The molecule has 0 saturated carbocycles. The van der Waals surface area contributed by atoms with Crippen molar-refractivity contribution in [3.8, 4) is 0 Å². The second-order valence-corrected chi connectivity index (χ2v) is 3.87. The van der Waals surface area contributed by atoms with Crippen LogP contribution in [0.1, 0.15) is 6.92 Å². The molecule has 1 aromatic heterocycles. The molecule has 1 heterocycles. The van der Waals surface area contributed by atoms with E-state index in [0.29, 0.717) is 6.54 Å². The van der Waals surface area contributed by atoms with Crippen LogP contribution in [0.4, 0.5) is 0 Å². The molecule has 0 radical (unpaired) electrons. The molecule has 1 N–H and O–H groups in total. The first-order chi connectivity index (χ1) is 5.59. The summed E-state index contributed by atoms with van der Waals surface area (Å²) in [5, 5.41) is 12.6. The van der Waals surface area contributed by atoms with Crippen molar-refractivity contribution in [2.24, 2.45) is 5.92 Å². The quantitative estimate of drug-likeness (QED) is 0.847. The van der Waals surface area contributed by atoms with E-state index in [1.54, 1.807) is 17.8 Å². The second kappa shape index (κ2) is 3.88. The number of aromatic nitrogens is 2. The van der Waals surface area contributed by atoms with Crippen molar-refractivity contribution in [3.63, 3.8) is 0 Å². The van der Waals surface area contributed by atoms with Crippen molar-refractivity contribution in [1.82, 2.24) is 9.78 Å². The zero-order valence-electron chi connectivity index (χ0n) is 6.57. The molecular formula is C7H9IN2O2. The Morgan fingerprint density at radius 2 is 2.58 bits per heavy atom. The first kappa shape index (κ1) is 9.50. The van der Waals surface area contributed by atoms with Crippen LogP contribution in [0, 0.1) is 9.49 Å². The maximum atomic E-state index is 10.5. The van der Waals surface area contributed by atoms with Crippen molar-refractivity contribution in [2.75, 3.05) is 0 Å². The van der Waals surface area contributed by atoms with E-state index in [2.05, 4.69) is 27.7 Å². The van der Waals surface area contributed by atoms with Gasteiger partial charge in [0.2, 0.25) is 0 Å². The van der Waals surface area contributed by atoms with Gasteiger partial charge in [-0.05, 0) is 22.6 Å². The Morgan fingerprint density at radius 3 is 3.00 bits per heavy atom. The SMILES string of the molecule is CC(Cn1cc(I)cn1)C(=O)O. The van der Waals surface area contributed by atoms with Crippen LogP contribution in [0.25, 0.3) is 0 Å². The molecule has 0 amide bonds. The fourth-order valence-electron chi connectivity index (χ4n) is 0.797. The Morgan fingerprint density at radius 1 is 1.92 bits per heavy atom. The number of carboxylic acids is 1. The van der Waals surface area contributed by atoms with Crippen LogP contribution in [0.2, 0.25) is 0 Å². The topological polar surface area (TPSA) is 55.1 Å². The van der Waals surface area contributed by atoms with Gasteiger partial charge < -0.3 is 5.11 Å². The number of hydrogen-bond donors (Lipinski definition) is 1. The monoisotopic (exact) mass is 280 g/mol. The molecule has 0 aliphatic carbocycles. The van der Waals surface area contributed by atoms with Gasteiger partial charge >= 0.3 is 5.97 Å². The number of aliphatic carboxylic acids is 1. The molecule has 0 spiro atoms. The van der Waals surface area contributed by atoms with E-state index in [1.165, 1.54) is 0 Å². The van der Waals surface area contributed by atoms with E-state index in [9.17, 15) is 4.79 Å². The fraction of sp³-hybridized carbons (Fsp3) is 0.429. The maximum absolute atomic E-state index is 10.5. The zero-order valence-corrected chi connectivity index (χ0v) is 8.72. The van der Waals surface area contributed by atoms with Crippen LogP contribution >= 0.6 is 22.6 Å². The summed E-state index contributed by atoms with van der Waals surface area (Å²) in [6, 6.07) is 0. The standard InChI is InChI=1S/C7H9IN2O2/c1-5(7(11)12)3-10-4-6(8)2-9-10/h2,4-5H,3H2,1H3,(H,11,12). The van der Waals surface area contributed by atoms with E-state index in [0.717, 1.165) is 3.57 Å². The highest BCUT2D eigenvalue weighted by atomic mass is 127. The Hall–Kier alpha value is -0.590. The van der Waals surface area contributed by atoms with Crippen LogP contribution < -0.4 is 0 Å². The van der Waals surface area contributed by atoms with E-state index in [4.69, 9.17) is 5.11 Å². The number of rotatable bonds is 3. The molecule has 0 aliphatic rings. The van der Waals surface area contributed by atoms with Gasteiger partial charge in [0.25, 0.3) is 0 Å². The van der Waals surface area contributed by atoms with Crippen LogP contribution in [-0.2, 0) is 11.3 Å². The van der Waals surface area contributed by atoms with Crippen molar-refractivity contribution in [1.29, 1.82) is 0 Å². The smallest absolute Gasteiger partial charge is 0.308 e. The van der Waals surface area contributed by atoms with Gasteiger partial charge in [0, 0.05) is 6.20 Å². The van der Waals surface area contributed by atoms with E-state index in [1.807, 2.05) is 6.20 Å². The number of nitrogens with zero attached hydrogens (tertiary/aromatic N) is 2. The highest BCUT2D eigenvalue weighted by Gasteiger charge is 2.11. The number of carbonyl (C=O) groups is 1. The molecule has 0 aliphatic heterocycles. The third kappa shape index (κ3) is 2.47. The highest BCUT2D eigenvalue weighted by Crippen LogP contribution is 2.04. The molecular weight excluding hydrogens is 271 g/mol. The van der Waals surface area contributed by atoms with Crippen molar-refractivity contribution < 1.29 is 9.90 Å². The van der Waals surface area contributed by atoms with Gasteiger partial charge in [-0.3, -0.25) is 9.48 Å². The van der Waals surface area contributed by atoms with E-state index >= 15 is 0 Å². The zero-order chi connectivity index (χ0) is 9.14. The fourth-order valence-corrected chi connectivity index (χ4v) is 1.24. The van der Waals surface area contributed by atoms with Crippen molar-refractivity contribution in [2.45, 2.75) is 13.5 Å². The molecule has 1 rings (SSSR count). The minimum atomic E-state index is -0.791. The number of halogens is 1. The molecule has 5 heteroatoms. The van der Waals surface area contributed by atoms with Gasteiger partial charge in [0.15, 0.2) is 0 Å². The summed E-state index contributed by atoms with van der Waals surface area (Å²) in [5.41, 5.74) is 0. The van der Waals surface area contributed by atoms with Gasteiger partial charge in [0.1, 0.15) is 0 Å². The summed E-state index contributed by atoms with van der Waals surface area (Å²) in [6.07, 6.45) is 3.52. The molecule has 0 fully saturated rings. The van der Waals surface area contributed by atoms with Crippen LogP contribution in [0.3, 0.4) is 0 Å². The van der Waals surface area contributed by atoms with Gasteiger partial charge in [-0.2, -0.15) is 5.10 Å². The van der Waals surface area contributed by atoms with Crippen molar-refractivity contribution in [3.05, 3.63) is 16.0 Å². The van der Waals surface area contributed by atoms with Crippen LogP contribution in [0.5, 0.6) is 0 Å². The summed E-state index contributed by atoms with van der Waals surface area (Å²) in [6.45, 7) is 2.09. The Kier molecular flexibility index (Phi) is 3.07. The number of carboxylic acid groups (broad SMARTS) is 1. The summed E-state index contributed by atoms with van der Waals surface area (Å²) in [7, 11) is 0. The van der Waals surface area contributed by atoms with Gasteiger partial charge in [0.05, 0.1) is 22.2 Å². The summed E-state index contributed by atoms with van der Waals surface area (Å²) >= 11 is 2.13. The average Bonchev–Trinajstić information content (AvgIpc) is 2.35. The molecule has 1 aromatic rings. The predicted octanol–water partition coefficient (Wildman–Crippen LogP) is 1.21. The Labute approximate surface area is 83.7 Å². The Bertz CT molecular complexity index is 285. The summed E-state index contributed by atoms with van der Waals surface area (Å²) < 4.78 is 2.66. The summed E-state index contributed by atoms with van der Waals surface area (Å²) in [4.78, 5) is 10.5. The molecule has 4 nitrogen and oxygen atoms in total. The third-order valence-electron chi connectivity index (χ3n) is 1.48. The van der Waals surface area contributed by atoms with Gasteiger partial charge in [-0.15, -0.1) is 0 Å². The first-order valence-electron chi connectivity index (χ1n) is 3.50. The lowest BCUT2D eigenvalue weighted by atomic mass is 10.2. The van der Waals surface area contributed by atoms with Crippen LogP contribution in [-0.4, -0.2) is 20.9 Å². The predicted molar refractivity (Wildman–Crippen MR) is 51.7 cm³/mol. The molecule has 66 valence electrons. The maximum Gasteiger partial charge on any atom is 0.308 e. The lowest BCUT2D eigenvalue weighted by molar-refractivity contribution is -0.141. The van der Waals surface area contributed by atoms with Crippen molar-refractivity contribution >= 4 is 28.6 Å². The molecule has 0 aromatic carbocycles. The lowest BCUT2D eigenvalue weighted by Crippen LogP contribution is -2.16. The lowest BCUT2D eigenvalue weighted by Gasteiger charge is -2.04. The normalized spacial score (nSPS) is 12.8. The molecule has 0 bridgehead atoms. The molecule has 0 saturated heterocycles. The van der Waals surface area contributed by atoms with Crippen LogP contribution in [0.15, 0.2) is 12.4 Å². The minimum absolute atomic E-state index is 0.388. The van der Waals surface area contributed by atoms with Gasteiger partial charge in [-0.25, -0.2) is 0 Å².